The van der Waals surface area contributed by atoms with Crippen LogP contribution in [0.5, 0.6) is 5.75 Å². The van der Waals surface area contributed by atoms with Gasteiger partial charge in [-0.2, -0.15) is 0 Å². The fraction of sp³-hybridized carbons (Fsp3) is 0.172. The molecule has 1 N–H and O–H groups in total. The fourth-order valence-electron chi connectivity index (χ4n) is 4.20. The fourth-order valence-corrected chi connectivity index (χ4v) is 6.02. The first-order chi connectivity index (χ1) is 18.5. The minimum Gasteiger partial charge on any atom is -0.507 e. The van der Waals surface area contributed by atoms with Gasteiger partial charge in [0, 0.05) is 11.3 Å². The molecule has 1 aliphatic heterocycles. The molecule has 0 spiro atoms. The number of aliphatic hydroxyl groups is 1. The van der Waals surface area contributed by atoms with Gasteiger partial charge in [0.2, 0.25) is 5.13 Å². The molecule has 5 rings (SSSR count). The zero-order chi connectivity index (χ0) is 26.6. The number of thioether (sulfide) groups is 1. The van der Waals surface area contributed by atoms with E-state index < -0.39 is 17.7 Å². The maximum atomic E-state index is 13.3. The SMILES string of the molecule is CCOc1ccc(/C(O)=C2/C(=O)C(=O)N(c3nnc(SCc4ccc(C)cc4)s3)C2c2ccccc2)cc1. The molecule has 1 fully saturated rings. The average molecular weight is 544 g/mol. The number of Topliss-reactive ketones (excluding diaryl/α,β-unsaturated/α-hetero) is 1. The molecule has 0 radical (unpaired) electrons. The number of rotatable bonds is 8. The molecular weight excluding hydrogens is 518 g/mol. The quantitative estimate of drug-likeness (QED) is 0.0935. The van der Waals surface area contributed by atoms with E-state index in [1.54, 1.807) is 24.3 Å². The molecular formula is C29H25N3O4S2. The van der Waals surface area contributed by atoms with E-state index in [9.17, 15) is 14.7 Å². The van der Waals surface area contributed by atoms with Gasteiger partial charge in [-0.1, -0.05) is 83.3 Å². The molecule has 9 heteroatoms. The summed E-state index contributed by atoms with van der Waals surface area (Å²) in [7, 11) is 0. The standard InChI is InChI=1S/C29H25N3O4S2/c1-3-36-22-15-13-21(14-16-22)25(33)23-24(20-7-5-4-6-8-20)32(27(35)26(23)34)28-30-31-29(38-28)37-17-19-11-9-18(2)10-12-19/h4-16,24,33H,3,17H2,1-2H3/b25-23-. The summed E-state index contributed by atoms with van der Waals surface area (Å²) in [6.45, 7) is 4.44. The van der Waals surface area contributed by atoms with Crippen molar-refractivity contribution >= 4 is 45.7 Å². The van der Waals surface area contributed by atoms with E-state index in [1.807, 2.05) is 44.2 Å². The third kappa shape index (κ3) is 5.20. The Balaban J connectivity index is 1.50. The highest BCUT2D eigenvalue weighted by atomic mass is 32.2. The maximum absolute atomic E-state index is 13.3. The highest BCUT2D eigenvalue weighted by Crippen LogP contribution is 2.44. The Morgan fingerprint density at radius 2 is 1.71 bits per heavy atom. The van der Waals surface area contributed by atoms with E-state index in [4.69, 9.17) is 4.74 Å². The van der Waals surface area contributed by atoms with Gasteiger partial charge in [0.15, 0.2) is 4.34 Å². The van der Waals surface area contributed by atoms with Crippen LogP contribution in [0.15, 0.2) is 88.8 Å². The van der Waals surface area contributed by atoms with Gasteiger partial charge in [-0.15, -0.1) is 10.2 Å². The molecule has 7 nitrogen and oxygen atoms in total. The highest BCUT2D eigenvalue weighted by molar-refractivity contribution is 8.00. The summed E-state index contributed by atoms with van der Waals surface area (Å²) < 4.78 is 6.16. The van der Waals surface area contributed by atoms with Crippen molar-refractivity contribution in [1.29, 1.82) is 0 Å². The summed E-state index contributed by atoms with van der Waals surface area (Å²) in [5.41, 5.74) is 3.45. The minimum absolute atomic E-state index is 0.00872. The Morgan fingerprint density at radius 3 is 2.39 bits per heavy atom. The number of carbonyl (C=O) groups is 2. The number of aryl methyl sites for hydroxylation is 1. The first kappa shape index (κ1) is 25.7. The topological polar surface area (TPSA) is 92.6 Å². The van der Waals surface area contributed by atoms with Crippen molar-refractivity contribution in [3.63, 3.8) is 0 Å². The summed E-state index contributed by atoms with van der Waals surface area (Å²) in [4.78, 5) is 28.0. The minimum atomic E-state index is -0.842. The summed E-state index contributed by atoms with van der Waals surface area (Å²) >= 11 is 2.76. The van der Waals surface area contributed by atoms with Crippen LogP contribution < -0.4 is 9.64 Å². The molecule has 1 saturated heterocycles. The Labute approximate surface area is 228 Å². The summed E-state index contributed by atoms with van der Waals surface area (Å²) in [6, 6.07) is 23.3. The maximum Gasteiger partial charge on any atom is 0.301 e. The van der Waals surface area contributed by atoms with Crippen molar-refractivity contribution in [2.45, 2.75) is 30.0 Å². The third-order valence-electron chi connectivity index (χ3n) is 6.08. The lowest BCUT2D eigenvalue weighted by molar-refractivity contribution is -0.132. The second-order valence-corrected chi connectivity index (χ2v) is 10.8. The molecule has 1 aliphatic rings. The first-order valence-electron chi connectivity index (χ1n) is 12.1. The monoisotopic (exact) mass is 543 g/mol. The van der Waals surface area contributed by atoms with Gasteiger partial charge in [-0.25, -0.2) is 0 Å². The second kappa shape index (κ2) is 11.2. The number of nitrogens with zero attached hydrogens (tertiary/aromatic N) is 3. The number of anilines is 1. The molecule has 1 aromatic heterocycles. The van der Waals surface area contributed by atoms with Crippen LogP contribution in [0, 0.1) is 6.92 Å². The number of ketones is 1. The molecule has 192 valence electrons. The van der Waals surface area contributed by atoms with Gasteiger partial charge >= 0.3 is 5.91 Å². The Bertz CT molecular complexity index is 1480. The normalized spacial score (nSPS) is 16.7. The molecule has 0 bridgehead atoms. The molecule has 2 heterocycles. The molecule has 1 atom stereocenters. The second-order valence-electron chi connectivity index (χ2n) is 8.66. The van der Waals surface area contributed by atoms with Crippen LogP contribution in [0.1, 0.15) is 35.2 Å². The largest absolute Gasteiger partial charge is 0.507 e. The molecule has 4 aromatic rings. The van der Waals surface area contributed by atoms with Gasteiger partial charge in [-0.3, -0.25) is 14.5 Å². The van der Waals surface area contributed by atoms with Gasteiger partial charge in [0.05, 0.1) is 18.2 Å². The molecule has 0 aliphatic carbocycles. The highest BCUT2D eigenvalue weighted by Gasteiger charge is 2.48. The number of ether oxygens (including phenoxy) is 1. The van der Waals surface area contributed by atoms with Crippen molar-refractivity contribution in [2.24, 2.45) is 0 Å². The van der Waals surface area contributed by atoms with Crippen LogP contribution in [-0.4, -0.2) is 33.6 Å². The average Bonchev–Trinajstić information content (AvgIpc) is 3.51. The summed E-state index contributed by atoms with van der Waals surface area (Å²) in [6.07, 6.45) is 0. The summed E-state index contributed by atoms with van der Waals surface area (Å²) in [5, 5.41) is 20.1. The number of aliphatic hydroxyl groups excluding tert-OH is 1. The van der Waals surface area contributed by atoms with Gasteiger partial charge in [0.25, 0.3) is 5.78 Å². The van der Waals surface area contributed by atoms with Gasteiger partial charge in [0.1, 0.15) is 11.5 Å². The number of hydrogen-bond acceptors (Lipinski definition) is 8. The van der Waals surface area contributed by atoms with Crippen LogP contribution >= 0.6 is 23.1 Å². The number of benzene rings is 3. The van der Waals surface area contributed by atoms with Crippen LogP contribution in [0.3, 0.4) is 0 Å². The van der Waals surface area contributed by atoms with E-state index in [1.165, 1.54) is 33.6 Å². The van der Waals surface area contributed by atoms with Crippen molar-refractivity contribution in [3.05, 3.63) is 107 Å². The lowest BCUT2D eigenvalue weighted by Crippen LogP contribution is -2.29. The van der Waals surface area contributed by atoms with Crippen molar-refractivity contribution in [2.75, 3.05) is 11.5 Å². The Hall–Kier alpha value is -3.95. The molecule has 1 amide bonds. The van der Waals surface area contributed by atoms with E-state index in [-0.39, 0.29) is 11.3 Å². The molecule has 38 heavy (non-hydrogen) atoms. The van der Waals surface area contributed by atoms with E-state index in [0.717, 1.165) is 5.56 Å². The van der Waals surface area contributed by atoms with E-state index >= 15 is 0 Å². The first-order valence-corrected chi connectivity index (χ1v) is 13.9. The molecule has 3 aromatic carbocycles. The van der Waals surface area contributed by atoms with Crippen LogP contribution in [0.4, 0.5) is 5.13 Å². The van der Waals surface area contributed by atoms with Crippen molar-refractivity contribution in [3.8, 4) is 5.75 Å². The lowest BCUT2D eigenvalue weighted by atomic mass is 9.95. The third-order valence-corrected chi connectivity index (χ3v) is 8.21. The Kier molecular flexibility index (Phi) is 7.57. The zero-order valence-electron chi connectivity index (χ0n) is 20.8. The van der Waals surface area contributed by atoms with Crippen LogP contribution in [0.2, 0.25) is 0 Å². The van der Waals surface area contributed by atoms with Gasteiger partial charge in [-0.05, 0) is 49.2 Å². The van der Waals surface area contributed by atoms with Crippen LogP contribution in [0.25, 0.3) is 5.76 Å². The summed E-state index contributed by atoms with van der Waals surface area (Å²) in [5.74, 6) is -0.421. The number of amides is 1. The molecule has 1 unspecified atom stereocenters. The smallest absolute Gasteiger partial charge is 0.301 e. The molecule has 0 saturated carbocycles. The van der Waals surface area contributed by atoms with Gasteiger partial charge < -0.3 is 9.84 Å². The predicted molar refractivity (Wildman–Crippen MR) is 149 cm³/mol. The van der Waals surface area contributed by atoms with Crippen molar-refractivity contribution in [1.82, 2.24) is 10.2 Å². The number of hydrogen-bond donors (Lipinski definition) is 1. The predicted octanol–water partition coefficient (Wildman–Crippen LogP) is 6.16. The Morgan fingerprint density at radius 1 is 1.00 bits per heavy atom. The zero-order valence-corrected chi connectivity index (χ0v) is 22.5. The lowest BCUT2D eigenvalue weighted by Gasteiger charge is -2.22. The van der Waals surface area contributed by atoms with E-state index in [0.29, 0.717) is 38.7 Å². The van der Waals surface area contributed by atoms with E-state index in [2.05, 4.69) is 34.5 Å². The van der Waals surface area contributed by atoms with Crippen LogP contribution in [-0.2, 0) is 15.3 Å². The van der Waals surface area contributed by atoms with Crippen molar-refractivity contribution < 1.29 is 19.4 Å². The number of carbonyl (C=O) groups excluding carboxylic acids is 2. The number of aromatic nitrogens is 2.